The van der Waals surface area contributed by atoms with E-state index >= 15 is 0 Å². The first-order chi connectivity index (χ1) is 16.6. The van der Waals surface area contributed by atoms with Crippen molar-refractivity contribution in [1.82, 2.24) is 0 Å². The minimum Gasteiger partial charge on any atom is -0.496 e. The highest BCUT2D eigenvalue weighted by atomic mass is 16.7. The molecular formula is C27H39NO6. The van der Waals surface area contributed by atoms with Crippen molar-refractivity contribution in [1.29, 1.82) is 0 Å². The molecule has 0 atom stereocenters. The number of rotatable bonds is 15. The number of unbranched alkanes of at least 4 members (excludes halogenated alkanes) is 5. The third kappa shape index (κ3) is 6.78. The van der Waals surface area contributed by atoms with Gasteiger partial charge in [-0.2, -0.15) is 0 Å². The molecule has 0 saturated heterocycles. The molecule has 0 aromatic heterocycles. The van der Waals surface area contributed by atoms with Gasteiger partial charge in [0.15, 0.2) is 0 Å². The first-order valence-electron chi connectivity index (χ1n) is 12.1. The maximum Gasteiger partial charge on any atom is 0.335 e. The minimum absolute atomic E-state index is 0.316. The van der Waals surface area contributed by atoms with E-state index in [2.05, 4.69) is 12.1 Å². The zero-order chi connectivity index (χ0) is 24.9. The van der Waals surface area contributed by atoms with Gasteiger partial charge in [-0.15, -0.1) is 0 Å². The summed E-state index contributed by atoms with van der Waals surface area (Å²) in [6, 6.07) is 5.53. The van der Waals surface area contributed by atoms with Crippen molar-refractivity contribution in [3.05, 3.63) is 23.8 Å². The van der Waals surface area contributed by atoms with Crippen LogP contribution in [-0.4, -0.2) is 40.1 Å². The number of benzene rings is 2. The summed E-state index contributed by atoms with van der Waals surface area (Å²) in [4.78, 5) is 17.4. The number of hydrogen-bond donors (Lipinski definition) is 0. The largest absolute Gasteiger partial charge is 0.496 e. The summed E-state index contributed by atoms with van der Waals surface area (Å²) < 4.78 is 22.9. The molecule has 0 aliphatic rings. The lowest BCUT2D eigenvalue weighted by Crippen LogP contribution is -2.09. The number of fused-ring (bicyclic) bond motifs is 1. The lowest BCUT2D eigenvalue weighted by Gasteiger charge is -2.19. The van der Waals surface area contributed by atoms with Crippen LogP contribution >= 0.6 is 0 Å². The van der Waals surface area contributed by atoms with E-state index in [1.54, 1.807) is 28.4 Å². The summed E-state index contributed by atoms with van der Waals surface area (Å²) in [5.41, 5.74) is 1.35. The summed E-state index contributed by atoms with van der Waals surface area (Å²) in [5, 5.41) is 5.75. The molecule has 0 radical (unpaired) electrons. The van der Waals surface area contributed by atoms with E-state index in [9.17, 15) is 4.79 Å². The monoisotopic (exact) mass is 473 g/mol. The number of ether oxygens (including phenoxy) is 4. The van der Waals surface area contributed by atoms with E-state index in [1.165, 1.54) is 25.7 Å². The van der Waals surface area contributed by atoms with Crippen molar-refractivity contribution < 1.29 is 28.6 Å². The Labute approximate surface area is 203 Å². The second kappa shape index (κ2) is 14.3. The third-order valence-electron chi connectivity index (χ3n) is 5.78. The van der Waals surface area contributed by atoms with Crippen LogP contribution in [0.1, 0.15) is 77.2 Å². The molecule has 34 heavy (non-hydrogen) atoms. The Morgan fingerprint density at radius 3 is 1.94 bits per heavy atom. The molecule has 0 amide bonds. The number of hydrogen-bond acceptors (Lipinski definition) is 7. The number of carbonyl (C=O) groups excluding carboxylic acids is 1. The maximum absolute atomic E-state index is 12.1. The minimum atomic E-state index is -0.353. The lowest BCUT2D eigenvalue weighted by atomic mass is 9.96. The van der Waals surface area contributed by atoms with E-state index < -0.39 is 0 Å². The summed E-state index contributed by atoms with van der Waals surface area (Å²) in [5.74, 6) is 2.07. The van der Waals surface area contributed by atoms with Crippen LogP contribution in [0, 0.1) is 0 Å². The zero-order valence-electron chi connectivity index (χ0n) is 21.5. The van der Waals surface area contributed by atoms with Gasteiger partial charge in [0.05, 0.1) is 44.9 Å². The summed E-state index contributed by atoms with van der Waals surface area (Å²) in [6.07, 6.45) is 8.49. The van der Waals surface area contributed by atoms with Crippen molar-refractivity contribution in [3.63, 3.8) is 0 Å². The fraction of sp³-hybridized carbons (Fsp3) is 0.556. The van der Waals surface area contributed by atoms with Crippen molar-refractivity contribution >= 4 is 22.5 Å². The second-order valence-electron chi connectivity index (χ2n) is 8.15. The quantitative estimate of drug-likeness (QED) is 0.124. The Hall–Kier alpha value is -2.96. The van der Waals surface area contributed by atoms with E-state index in [4.69, 9.17) is 23.8 Å². The topological polar surface area (TPSA) is 75.6 Å². The Morgan fingerprint density at radius 2 is 1.35 bits per heavy atom. The summed E-state index contributed by atoms with van der Waals surface area (Å²) in [6.45, 7) is 4.14. The van der Waals surface area contributed by atoms with Gasteiger partial charge in [0.25, 0.3) is 0 Å². The predicted molar refractivity (Wildman–Crippen MR) is 136 cm³/mol. The lowest BCUT2D eigenvalue weighted by molar-refractivity contribution is -0.143. The van der Waals surface area contributed by atoms with Crippen LogP contribution in [0.3, 0.4) is 0 Å². The maximum atomic E-state index is 12.1. The Kier molecular flexibility index (Phi) is 11.5. The fourth-order valence-corrected chi connectivity index (χ4v) is 4.02. The van der Waals surface area contributed by atoms with Gasteiger partial charge in [-0.3, -0.25) is 0 Å². The first kappa shape index (κ1) is 27.3. The van der Waals surface area contributed by atoms with Gasteiger partial charge in [0.1, 0.15) is 23.0 Å². The average Bonchev–Trinajstić information content (AvgIpc) is 2.86. The Bertz CT molecular complexity index is 969. The molecule has 7 heteroatoms. The highest BCUT2D eigenvalue weighted by Gasteiger charge is 2.24. The number of oxime groups is 1. The van der Waals surface area contributed by atoms with Crippen LogP contribution in [0.5, 0.6) is 23.0 Å². The molecule has 188 valence electrons. The van der Waals surface area contributed by atoms with Crippen LogP contribution in [0.2, 0.25) is 0 Å². The molecule has 0 aliphatic carbocycles. The molecule has 0 unspecified atom stereocenters. The van der Waals surface area contributed by atoms with Gasteiger partial charge in [-0.25, -0.2) is 4.79 Å². The van der Waals surface area contributed by atoms with E-state index in [-0.39, 0.29) is 5.97 Å². The van der Waals surface area contributed by atoms with Crippen molar-refractivity contribution in [2.24, 2.45) is 5.16 Å². The average molecular weight is 474 g/mol. The number of carbonyl (C=O) groups is 1. The fourth-order valence-electron chi connectivity index (χ4n) is 4.02. The molecule has 2 aromatic rings. The third-order valence-corrected chi connectivity index (χ3v) is 5.78. The van der Waals surface area contributed by atoms with Crippen molar-refractivity contribution in [2.45, 2.75) is 71.6 Å². The van der Waals surface area contributed by atoms with E-state index in [1.807, 2.05) is 25.1 Å². The number of nitrogens with zero attached hydrogens (tertiary/aromatic N) is 1. The Balaban J connectivity index is 2.59. The van der Waals surface area contributed by atoms with Crippen LogP contribution in [0.15, 0.2) is 23.4 Å². The van der Waals surface area contributed by atoms with Gasteiger partial charge in [-0.1, -0.05) is 51.1 Å². The molecule has 2 rings (SSSR count). The van der Waals surface area contributed by atoms with E-state index in [0.29, 0.717) is 58.9 Å². The molecule has 0 N–H and O–H groups in total. The number of methoxy groups -OCH3 is 4. The summed E-state index contributed by atoms with van der Waals surface area (Å²) in [7, 11) is 6.43. The predicted octanol–water partition coefficient (Wildman–Crippen LogP) is 6.67. The van der Waals surface area contributed by atoms with Crippen molar-refractivity contribution in [3.8, 4) is 23.0 Å². The molecule has 0 bridgehead atoms. The van der Waals surface area contributed by atoms with Gasteiger partial charge < -0.3 is 23.8 Å². The molecule has 0 aliphatic heterocycles. The molecule has 0 saturated carbocycles. The standard InChI is InChI=1S/C27H39NO6/c1-7-9-10-11-12-13-15-20(28-34-24(29)14-8-2)19-18-23(32-5)25-21(30-3)16-17-22(31-4)26(25)27(19)33-6/h16-18H,7-15H2,1-6H3. The van der Waals surface area contributed by atoms with Gasteiger partial charge in [0, 0.05) is 12.0 Å². The molecule has 2 aromatic carbocycles. The van der Waals surface area contributed by atoms with Gasteiger partial charge in [-0.05, 0) is 37.5 Å². The van der Waals surface area contributed by atoms with E-state index in [0.717, 1.165) is 18.2 Å². The molecule has 0 heterocycles. The Morgan fingerprint density at radius 1 is 0.735 bits per heavy atom. The highest BCUT2D eigenvalue weighted by molar-refractivity contribution is 6.12. The van der Waals surface area contributed by atoms with Gasteiger partial charge >= 0.3 is 5.97 Å². The van der Waals surface area contributed by atoms with Crippen LogP contribution in [0.25, 0.3) is 10.8 Å². The van der Waals surface area contributed by atoms with Gasteiger partial charge in [0.2, 0.25) is 0 Å². The first-order valence-corrected chi connectivity index (χ1v) is 12.1. The smallest absolute Gasteiger partial charge is 0.335 e. The summed E-state index contributed by atoms with van der Waals surface area (Å²) >= 11 is 0. The van der Waals surface area contributed by atoms with Crippen LogP contribution in [0.4, 0.5) is 0 Å². The molecule has 7 nitrogen and oxygen atoms in total. The highest BCUT2D eigenvalue weighted by Crippen LogP contribution is 2.46. The van der Waals surface area contributed by atoms with Crippen LogP contribution < -0.4 is 18.9 Å². The molecule has 0 fully saturated rings. The van der Waals surface area contributed by atoms with Crippen molar-refractivity contribution in [2.75, 3.05) is 28.4 Å². The normalized spacial score (nSPS) is 11.4. The zero-order valence-corrected chi connectivity index (χ0v) is 21.5. The van der Waals surface area contributed by atoms with Crippen LogP contribution in [-0.2, 0) is 9.63 Å². The second-order valence-corrected chi connectivity index (χ2v) is 8.15. The molecular weight excluding hydrogens is 434 g/mol. The molecule has 0 spiro atoms. The SMILES string of the molecule is CCCCCCCCC(=NOC(=O)CCC)c1cc(OC)c2c(OC)ccc(OC)c2c1OC.